The van der Waals surface area contributed by atoms with Crippen molar-refractivity contribution in [2.45, 2.75) is 43.8 Å². The molecule has 4 rings (SSSR count). The first-order chi connectivity index (χ1) is 16.2. The number of ether oxygens (including phenoxy) is 2. The van der Waals surface area contributed by atoms with E-state index >= 15 is 0 Å². The lowest BCUT2D eigenvalue weighted by Gasteiger charge is -2.33. The minimum absolute atomic E-state index is 0.0305. The molecule has 0 bridgehead atoms. The molecule has 1 amide bonds. The number of hydrogen-bond donors (Lipinski definition) is 0. The van der Waals surface area contributed by atoms with Crippen LogP contribution in [0.1, 0.15) is 25.0 Å². The average molecular weight is 480 g/mol. The van der Waals surface area contributed by atoms with E-state index in [1.165, 1.54) is 24.1 Å². The quantitative estimate of drug-likeness (QED) is 0.609. The van der Waals surface area contributed by atoms with Gasteiger partial charge in [-0.3, -0.25) is 9.69 Å². The van der Waals surface area contributed by atoms with E-state index in [0.29, 0.717) is 37.1 Å². The Morgan fingerprint density at radius 2 is 2.00 bits per heavy atom. The largest absolute Gasteiger partial charge is 0.497 e. The van der Waals surface area contributed by atoms with Crippen molar-refractivity contribution < 1.29 is 31.8 Å². The summed E-state index contributed by atoms with van der Waals surface area (Å²) in [5.74, 6) is 0.252. The highest BCUT2D eigenvalue weighted by molar-refractivity contribution is 5.86. The zero-order chi connectivity index (χ0) is 24.5. The summed E-state index contributed by atoms with van der Waals surface area (Å²) in [5.41, 5.74) is -0.885. The maximum Gasteiger partial charge on any atom is 0.433 e. The number of alkyl halides is 4. The van der Waals surface area contributed by atoms with Gasteiger partial charge in [0.05, 0.1) is 31.8 Å². The van der Waals surface area contributed by atoms with E-state index < -0.39 is 24.1 Å². The van der Waals surface area contributed by atoms with Crippen molar-refractivity contribution in [3.63, 3.8) is 0 Å². The first-order valence-corrected chi connectivity index (χ1v) is 11.0. The number of halogens is 4. The van der Waals surface area contributed by atoms with Gasteiger partial charge in [0.1, 0.15) is 35.5 Å². The van der Waals surface area contributed by atoms with Crippen LogP contribution < -0.4 is 9.47 Å². The molecular formula is C23H24F4N4O3. The van der Waals surface area contributed by atoms with Crippen LogP contribution in [0.5, 0.6) is 11.5 Å². The number of fused-ring (bicyclic) bond motifs is 1. The summed E-state index contributed by atoms with van der Waals surface area (Å²) in [6.45, 7) is 0.958. The van der Waals surface area contributed by atoms with Crippen LogP contribution in [0, 0.1) is 11.3 Å². The molecule has 0 aliphatic carbocycles. The predicted molar refractivity (Wildman–Crippen MR) is 114 cm³/mol. The van der Waals surface area contributed by atoms with E-state index in [4.69, 9.17) is 14.7 Å². The van der Waals surface area contributed by atoms with E-state index in [1.807, 2.05) is 11.0 Å². The van der Waals surface area contributed by atoms with Gasteiger partial charge in [-0.1, -0.05) is 0 Å². The summed E-state index contributed by atoms with van der Waals surface area (Å²) >= 11 is 0. The van der Waals surface area contributed by atoms with Crippen LogP contribution >= 0.6 is 0 Å². The highest BCUT2D eigenvalue weighted by atomic mass is 19.4. The molecule has 0 saturated carbocycles. The zero-order valence-electron chi connectivity index (χ0n) is 18.5. The number of rotatable bonds is 5. The van der Waals surface area contributed by atoms with Gasteiger partial charge < -0.3 is 14.4 Å². The predicted octanol–water partition coefficient (Wildman–Crippen LogP) is 3.57. The van der Waals surface area contributed by atoms with Gasteiger partial charge in [0.2, 0.25) is 5.91 Å². The number of likely N-dealkylation sites (tertiary alicyclic amines) is 2. The zero-order valence-corrected chi connectivity index (χ0v) is 18.5. The Kier molecular flexibility index (Phi) is 6.79. The molecule has 34 heavy (non-hydrogen) atoms. The maximum atomic E-state index is 13.6. The standard InChI is InChI=1S/C23H24F4N4O3/c1-33-17-2-3-19-18(9-17)20(10-21(29-19)23(25,26)27)34-16-4-6-30(7-5-16)13-22(32)31-12-14(24)8-15(31)11-28/h2-3,9-10,14-16H,4-8,12-13H2,1H3/t14-,15?/m0/s1. The Morgan fingerprint density at radius 3 is 2.65 bits per heavy atom. The molecule has 2 aliphatic rings. The van der Waals surface area contributed by atoms with Gasteiger partial charge in [-0.15, -0.1) is 0 Å². The van der Waals surface area contributed by atoms with Crippen molar-refractivity contribution in [2.75, 3.05) is 33.3 Å². The first-order valence-electron chi connectivity index (χ1n) is 11.0. The van der Waals surface area contributed by atoms with Crippen LogP contribution in [0.3, 0.4) is 0 Å². The normalized spacial score (nSPS) is 22.1. The van der Waals surface area contributed by atoms with Crippen LogP contribution in [0.25, 0.3) is 10.9 Å². The molecule has 0 spiro atoms. The van der Waals surface area contributed by atoms with Crippen LogP contribution in [-0.4, -0.2) is 72.3 Å². The molecular weight excluding hydrogens is 456 g/mol. The van der Waals surface area contributed by atoms with Crippen molar-refractivity contribution >= 4 is 16.8 Å². The van der Waals surface area contributed by atoms with Gasteiger partial charge in [-0.2, -0.15) is 18.4 Å². The molecule has 7 nitrogen and oxygen atoms in total. The van der Waals surface area contributed by atoms with Gasteiger partial charge in [-0.05, 0) is 31.0 Å². The lowest BCUT2D eigenvalue weighted by atomic mass is 10.1. The van der Waals surface area contributed by atoms with Gasteiger partial charge in [0.15, 0.2) is 0 Å². The number of nitrogens with zero attached hydrogens (tertiary/aromatic N) is 4. The summed E-state index contributed by atoms with van der Waals surface area (Å²) in [4.78, 5) is 19.4. The smallest absolute Gasteiger partial charge is 0.433 e. The lowest BCUT2D eigenvalue weighted by Crippen LogP contribution is -2.46. The van der Waals surface area contributed by atoms with Crippen LogP contribution in [0.4, 0.5) is 17.6 Å². The van der Waals surface area contributed by atoms with Gasteiger partial charge >= 0.3 is 6.18 Å². The van der Waals surface area contributed by atoms with Gasteiger partial charge in [0, 0.05) is 31.0 Å². The summed E-state index contributed by atoms with van der Waals surface area (Å²) < 4.78 is 64.9. The number of piperidine rings is 1. The number of hydrogen-bond acceptors (Lipinski definition) is 6. The molecule has 3 heterocycles. The molecule has 0 N–H and O–H groups in total. The van der Waals surface area contributed by atoms with Crippen molar-refractivity contribution in [2.24, 2.45) is 0 Å². The van der Waals surface area contributed by atoms with Crippen molar-refractivity contribution in [1.82, 2.24) is 14.8 Å². The lowest BCUT2D eigenvalue weighted by molar-refractivity contribution is -0.141. The fraction of sp³-hybridized carbons (Fsp3) is 0.522. The average Bonchev–Trinajstić information content (AvgIpc) is 3.20. The summed E-state index contributed by atoms with van der Waals surface area (Å²) in [5, 5.41) is 9.56. The van der Waals surface area contributed by atoms with E-state index in [2.05, 4.69) is 4.98 Å². The molecule has 2 aliphatic heterocycles. The number of benzene rings is 1. The highest BCUT2D eigenvalue weighted by Crippen LogP contribution is 2.36. The van der Waals surface area contributed by atoms with Gasteiger partial charge in [0.25, 0.3) is 0 Å². The Hall–Kier alpha value is -3.13. The molecule has 2 aromatic rings. The number of amides is 1. The number of aromatic nitrogens is 1. The molecule has 0 radical (unpaired) electrons. The Morgan fingerprint density at radius 1 is 1.26 bits per heavy atom. The molecule has 1 aromatic heterocycles. The molecule has 11 heteroatoms. The number of nitriles is 1. The summed E-state index contributed by atoms with van der Waals surface area (Å²) in [6, 6.07) is 6.71. The number of carbonyl (C=O) groups excluding carboxylic acids is 1. The third kappa shape index (κ3) is 5.17. The molecule has 2 saturated heterocycles. The fourth-order valence-corrected chi connectivity index (χ4v) is 4.37. The Bertz CT molecular complexity index is 1100. The van der Waals surface area contributed by atoms with E-state index in [1.54, 1.807) is 6.07 Å². The SMILES string of the molecule is COc1ccc2nc(C(F)(F)F)cc(OC3CCN(CC(=O)N4C[C@@H](F)CC4C#N)CC3)c2c1. The Labute approximate surface area is 193 Å². The van der Waals surface area contributed by atoms with Crippen LogP contribution in [-0.2, 0) is 11.0 Å². The molecule has 182 valence electrons. The van der Waals surface area contributed by atoms with Crippen LogP contribution in [0.2, 0.25) is 0 Å². The van der Waals surface area contributed by atoms with E-state index in [-0.39, 0.29) is 42.8 Å². The first kappa shape index (κ1) is 24.0. The summed E-state index contributed by atoms with van der Waals surface area (Å²) in [7, 11) is 1.46. The molecule has 1 unspecified atom stereocenters. The van der Waals surface area contributed by atoms with Crippen molar-refractivity contribution in [1.29, 1.82) is 5.26 Å². The molecule has 2 atom stereocenters. The van der Waals surface area contributed by atoms with E-state index in [0.717, 1.165) is 6.07 Å². The number of methoxy groups -OCH3 is 1. The van der Waals surface area contributed by atoms with Crippen molar-refractivity contribution in [3.8, 4) is 17.6 Å². The topological polar surface area (TPSA) is 78.7 Å². The van der Waals surface area contributed by atoms with Gasteiger partial charge in [-0.25, -0.2) is 9.37 Å². The third-order valence-corrected chi connectivity index (χ3v) is 6.17. The number of pyridine rings is 1. The fourth-order valence-electron chi connectivity index (χ4n) is 4.37. The minimum Gasteiger partial charge on any atom is -0.497 e. The van der Waals surface area contributed by atoms with E-state index in [9.17, 15) is 22.4 Å². The highest BCUT2D eigenvalue weighted by Gasteiger charge is 2.37. The summed E-state index contributed by atoms with van der Waals surface area (Å²) in [6.07, 6.45) is -5.14. The minimum atomic E-state index is -4.62. The second-order valence-corrected chi connectivity index (χ2v) is 8.50. The number of carbonyl (C=O) groups is 1. The Balaban J connectivity index is 1.43. The molecule has 1 aromatic carbocycles. The van der Waals surface area contributed by atoms with Crippen LogP contribution in [0.15, 0.2) is 24.3 Å². The maximum absolute atomic E-state index is 13.6. The molecule has 2 fully saturated rings. The van der Waals surface area contributed by atoms with Crippen molar-refractivity contribution in [3.05, 3.63) is 30.0 Å². The second-order valence-electron chi connectivity index (χ2n) is 8.50. The second kappa shape index (κ2) is 9.62. The monoisotopic (exact) mass is 480 g/mol. The third-order valence-electron chi connectivity index (χ3n) is 6.17.